The zero-order valence-electron chi connectivity index (χ0n) is 10.5. The highest BCUT2D eigenvalue weighted by atomic mass is 79.9. The largest absolute Gasteiger partial charge is 0.446 e. The van der Waals surface area contributed by atoms with E-state index in [2.05, 4.69) is 21.2 Å². The van der Waals surface area contributed by atoms with Crippen LogP contribution in [0.15, 0.2) is 51.8 Å². The number of alkyl halides is 3. The SMILES string of the molecule is FC(F)(F)Sc1ccc(NCc2ccc(Cl)cc2Br)cc1. The van der Waals surface area contributed by atoms with Crippen molar-refractivity contribution in [2.45, 2.75) is 16.9 Å². The first kappa shape index (κ1) is 16.5. The van der Waals surface area contributed by atoms with Gasteiger partial charge in [0, 0.05) is 26.6 Å². The van der Waals surface area contributed by atoms with Crippen molar-refractivity contribution in [1.29, 1.82) is 0 Å². The number of thioether (sulfide) groups is 1. The number of nitrogens with one attached hydrogen (secondary N) is 1. The van der Waals surface area contributed by atoms with Crippen molar-refractivity contribution < 1.29 is 13.2 Å². The highest BCUT2D eigenvalue weighted by Gasteiger charge is 2.28. The van der Waals surface area contributed by atoms with Crippen LogP contribution in [0.3, 0.4) is 0 Å². The maximum atomic E-state index is 12.2. The summed E-state index contributed by atoms with van der Waals surface area (Å²) in [4.78, 5) is 0.167. The van der Waals surface area contributed by atoms with Crippen molar-refractivity contribution in [3.8, 4) is 0 Å². The fourth-order valence-electron chi connectivity index (χ4n) is 1.64. The summed E-state index contributed by atoms with van der Waals surface area (Å²) in [6.07, 6.45) is 0. The summed E-state index contributed by atoms with van der Waals surface area (Å²) in [7, 11) is 0. The molecule has 0 aliphatic heterocycles. The van der Waals surface area contributed by atoms with Gasteiger partial charge in [-0.05, 0) is 53.7 Å². The summed E-state index contributed by atoms with van der Waals surface area (Å²) in [5.41, 5.74) is -2.50. The summed E-state index contributed by atoms with van der Waals surface area (Å²) < 4.78 is 37.5. The molecule has 112 valence electrons. The Bertz CT molecular complexity index is 617. The topological polar surface area (TPSA) is 12.0 Å². The smallest absolute Gasteiger partial charge is 0.381 e. The molecule has 0 radical (unpaired) electrons. The summed E-state index contributed by atoms with van der Waals surface area (Å²) >= 11 is 9.15. The lowest BCUT2D eigenvalue weighted by molar-refractivity contribution is -0.0328. The van der Waals surface area contributed by atoms with E-state index in [-0.39, 0.29) is 16.7 Å². The Morgan fingerprint density at radius 1 is 1.10 bits per heavy atom. The zero-order chi connectivity index (χ0) is 15.5. The van der Waals surface area contributed by atoms with Crippen molar-refractivity contribution in [1.82, 2.24) is 0 Å². The molecule has 0 amide bonds. The van der Waals surface area contributed by atoms with Crippen LogP contribution in [0.25, 0.3) is 0 Å². The molecule has 2 aromatic rings. The Morgan fingerprint density at radius 3 is 2.33 bits per heavy atom. The van der Waals surface area contributed by atoms with Crippen molar-refractivity contribution in [2.24, 2.45) is 0 Å². The predicted octanol–water partition coefficient (Wildman–Crippen LogP) is 6.33. The highest BCUT2D eigenvalue weighted by Crippen LogP contribution is 2.37. The third-order valence-electron chi connectivity index (χ3n) is 2.59. The van der Waals surface area contributed by atoms with E-state index < -0.39 is 5.51 Å². The van der Waals surface area contributed by atoms with Crippen LogP contribution in [-0.4, -0.2) is 5.51 Å². The van der Waals surface area contributed by atoms with Crippen molar-refractivity contribution in [3.05, 3.63) is 57.5 Å². The molecule has 0 aliphatic rings. The molecule has 0 heterocycles. The van der Waals surface area contributed by atoms with E-state index in [4.69, 9.17) is 11.6 Å². The van der Waals surface area contributed by atoms with E-state index in [1.807, 2.05) is 6.07 Å². The Labute approximate surface area is 138 Å². The van der Waals surface area contributed by atoms with Gasteiger partial charge in [0.1, 0.15) is 0 Å². The molecule has 7 heteroatoms. The Morgan fingerprint density at radius 2 is 1.76 bits per heavy atom. The average molecular weight is 397 g/mol. The normalized spacial score (nSPS) is 11.5. The lowest BCUT2D eigenvalue weighted by Gasteiger charge is -2.10. The minimum Gasteiger partial charge on any atom is -0.381 e. The number of anilines is 1. The molecule has 0 spiro atoms. The van der Waals surface area contributed by atoms with Crippen LogP contribution >= 0.6 is 39.3 Å². The van der Waals surface area contributed by atoms with Crippen LogP contribution in [0.5, 0.6) is 0 Å². The van der Waals surface area contributed by atoms with Gasteiger partial charge in [-0.2, -0.15) is 13.2 Å². The third-order valence-corrected chi connectivity index (χ3v) is 4.30. The second-order valence-corrected chi connectivity index (χ2v) is 6.59. The van der Waals surface area contributed by atoms with E-state index in [1.165, 1.54) is 12.1 Å². The summed E-state index contributed by atoms with van der Waals surface area (Å²) in [5, 5.41) is 3.79. The first-order valence-electron chi connectivity index (χ1n) is 5.87. The summed E-state index contributed by atoms with van der Waals surface area (Å²) in [5.74, 6) is 0. The fourth-order valence-corrected chi connectivity index (χ4v) is 3.00. The minimum absolute atomic E-state index is 0.122. The summed E-state index contributed by atoms with van der Waals surface area (Å²) in [6.45, 7) is 0.545. The van der Waals surface area contributed by atoms with Gasteiger partial charge in [0.2, 0.25) is 0 Å². The number of benzene rings is 2. The van der Waals surface area contributed by atoms with Gasteiger partial charge in [-0.25, -0.2) is 0 Å². The van der Waals surface area contributed by atoms with Crippen LogP contribution in [0.2, 0.25) is 5.02 Å². The number of hydrogen-bond donors (Lipinski definition) is 1. The van der Waals surface area contributed by atoms with Crippen LogP contribution in [-0.2, 0) is 6.54 Å². The Hall–Kier alpha value is -0.850. The van der Waals surface area contributed by atoms with Crippen molar-refractivity contribution in [2.75, 3.05) is 5.32 Å². The van der Waals surface area contributed by atoms with Crippen LogP contribution in [0, 0.1) is 0 Å². The maximum Gasteiger partial charge on any atom is 0.446 e. The number of hydrogen-bond acceptors (Lipinski definition) is 2. The molecular formula is C14H10BrClF3NS. The van der Waals surface area contributed by atoms with E-state index in [9.17, 15) is 13.2 Å². The predicted molar refractivity (Wildman–Crippen MR) is 84.8 cm³/mol. The van der Waals surface area contributed by atoms with E-state index >= 15 is 0 Å². The molecule has 0 saturated heterocycles. The van der Waals surface area contributed by atoms with Gasteiger partial charge in [0.15, 0.2) is 0 Å². The van der Waals surface area contributed by atoms with Gasteiger partial charge in [-0.15, -0.1) is 0 Å². The zero-order valence-corrected chi connectivity index (χ0v) is 13.7. The van der Waals surface area contributed by atoms with Crippen molar-refractivity contribution in [3.63, 3.8) is 0 Å². The van der Waals surface area contributed by atoms with Gasteiger partial charge in [0.25, 0.3) is 0 Å². The van der Waals surface area contributed by atoms with Gasteiger partial charge in [-0.1, -0.05) is 33.6 Å². The molecule has 0 unspecified atom stereocenters. The second kappa shape index (κ2) is 6.94. The second-order valence-electron chi connectivity index (χ2n) is 4.16. The van der Waals surface area contributed by atoms with Crippen molar-refractivity contribution >= 4 is 45.0 Å². The lowest BCUT2D eigenvalue weighted by Crippen LogP contribution is -2.01. The molecular weight excluding hydrogens is 387 g/mol. The molecule has 0 fully saturated rings. The van der Waals surface area contributed by atoms with Crippen LogP contribution in [0.1, 0.15) is 5.56 Å². The minimum atomic E-state index is -4.26. The first-order valence-corrected chi connectivity index (χ1v) is 7.86. The molecule has 0 atom stereocenters. The van der Waals surface area contributed by atoms with Crippen LogP contribution in [0.4, 0.5) is 18.9 Å². The lowest BCUT2D eigenvalue weighted by atomic mass is 10.2. The van der Waals surface area contributed by atoms with Gasteiger partial charge in [-0.3, -0.25) is 0 Å². The molecule has 21 heavy (non-hydrogen) atoms. The van der Waals surface area contributed by atoms with Gasteiger partial charge < -0.3 is 5.32 Å². The molecule has 0 saturated carbocycles. The Kier molecular flexibility index (Phi) is 5.46. The van der Waals surface area contributed by atoms with Gasteiger partial charge >= 0.3 is 5.51 Å². The summed E-state index contributed by atoms with van der Waals surface area (Å²) in [6, 6.07) is 11.6. The maximum absolute atomic E-state index is 12.2. The molecule has 0 aromatic heterocycles. The fraction of sp³-hybridized carbons (Fsp3) is 0.143. The standard InChI is InChI=1S/C14H10BrClF3NS/c15-13-7-10(16)2-1-9(13)8-20-11-3-5-12(6-4-11)21-14(17,18)19/h1-7,20H,8H2. The molecule has 0 bridgehead atoms. The molecule has 1 nitrogen and oxygen atoms in total. The van der Waals surface area contributed by atoms with Gasteiger partial charge in [0.05, 0.1) is 0 Å². The van der Waals surface area contributed by atoms with E-state index in [0.717, 1.165) is 15.7 Å². The molecule has 2 aromatic carbocycles. The monoisotopic (exact) mass is 395 g/mol. The quantitative estimate of drug-likeness (QED) is 0.606. The average Bonchev–Trinajstić information content (AvgIpc) is 2.38. The molecule has 0 aliphatic carbocycles. The third kappa shape index (κ3) is 5.45. The molecule has 1 N–H and O–H groups in total. The number of halogens is 5. The first-order chi connectivity index (χ1) is 9.83. The molecule has 2 rings (SSSR count). The van der Waals surface area contributed by atoms with Crippen LogP contribution < -0.4 is 5.32 Å². The highest BCUT2D eigenvalue weighted by molar-refractivity contribution is 9.10. The van der Waals surface area contributed by atoms with E-state index in [0.29, 0.717) is 11.6 Å². The Balaban J connectivity index is 1.97. The number of rotatable bonds is 4. The van der Waals surface area contributed by atoms with E-state index in [1.54, 1.807) is 24.3 Å².